The third-order valence-electron chi connectivity index (χ3n) is 3.78. The number of ether oxygens (including phenoxy) is 1. The second-order valence-electron chi connectivity index (χ2n) is 5.79. The number of rotatable bonds is 8. The molecule has 1 heterocycles. The van der Waals surface area contributed by atoms with E-state index >= 15 is 0 Å². The number of hydrogen-bond acceptors (Lipinski definition) is 5. The second kappa shape index (κ2) is 8.31. The number of allylic oxidation sites excluding steroid dienone is 1. The van der Waals surface area contributed by atoms with Crippen LogP contribution < -0.4 is 10.5 Å². The maximum Gasteiger partial charge on any atom is 0.437 e. The van der Waals surface area contributed by atoms with Crippen LogP contribution in [0.15, 0.2) is 76.5 Å². The van der Waals surface area contributed by atoms with Gasteiger partial charge in [0.2, 0.25) is 5.89 Å². The Morgan fingerprint density at radius 1 is 1.19 bits per heavy atom. The SMILES string of the molecule is C=CCc1ccccc1OCC(O)Cn1nc(-c2ccccc2)oc1=O. The highest BCUT2D eigenvalue weighted by molar-refractivity contribution is 5.51. The lowest BCUT2D eigenvalue weighted by Gasteiger charge is -2.14. The Bertz CT molecular complexity index is 915. The van der Waals surface area contributed by atoms with Crippen LogP contribution in [0.3, 0.4) is 0 Å². The molecule has 3 aromatic rings. The molecule has 0 aliphatic heterocycles. The average Bonchev–Trinajstić information content (AvgIpc) is 3.02. The quantitative estimate of drug-likeness (QED) is 0.631. The van der Waals surface area contributed by atoms with Crippen molar-refractivity contribution in [2.45, 2.75) is 19.1 Å². The van der Waals surface area contributed by atoms with Crippen molar-refractivity contribution < 1.29 is 14.3 Å². The summed E-state index contributed by atoms with van der Waals surface area (Å²) in [5.74, 6) is 0.291. The number of aliphatic hydroxyl groups excluding tert-OH is 1. The number of para-hydroxylation sites is 1. The van der Waals surface area contributed by atoms with E-state index in [0.717, 1.165) is 10.2 Å². The minimum Gasteiger partial charge on any atom is -0.491 e. The molecule has 6 nitrogen and oxygen atoms in total. The van der Waals surface area contributed by atoms with Crippen LogP contribution in [0.25, 0.3) is 11.5 Å². The first-order valence-electron chi connectivity index (χ1n) is 8.30. The largest absolute Gasteiger partial charge is 0.491 e. The normalized spacial score (nSPS) is 11.9. The first-order valence-corrected chi connectivity index (χ1v) is 8.30. The number of aromatic nitrogens is 2. The Kier molecular flexibility index (Phi) is 5.66. The van der Waals surface area contributed by atoms with Crippen molar-refractivity contribution in [3.05, 3.63) is 83.4 Å². The highest BCUT2D eigenvalue weighted by Crippen LogP contribution is 2.19. The molecule has 0 fully saturated rings. The molecule has 0 aliphatic carbocycles. The van der Waals surface area contributed by atoms with E-state index in [9.17, 15) is 9.90 Å². The van der Waals surface area contributed by atoms with Gasteiger partial charge in [-0.1, -0.05) is 42.5 Å². The molecule has 0 saturated carbocycles. The van der Waals surface area contributed by atoms with Crippen LogP contribution in [0, 0.1) is 0 Å². The molecule has 0 spiro atoms. The van der Waals surface area contributed by atoms with E-state index in [2.05, 4.69) is 11.7 Å². The highest BCUT2D eigenvalue weighted by atomic mass is 16.5. The summed E-state index contributed by atoms with van der Waals surface area (Å²) in [7, 11) is 0. The predicted molar refractivity (Wildman–Crippen MR) is 98.0 cm³/mol. The van der Waals surface area contributed by atoms with Crippen molar-refractivity contribution in [3.63, 3.8) is 0 Å². The van der Waals surface area contributed by atoms with Crippen molar-refractivity contribution in [3.8, 4) is 17.2 Å². The van der Waals surface area contributed by atoms with Gasteiger partial charge in [0.05, 0.1) is 6.54 Å². The van der Waals surface area contributed by atoms with Gasteiger partial charge in [-0.15, -0.1) is 11.7 Å². The Labute approximate surface area is 151 Å². The van der Waals surface area contributed by atoms with E-state index in [1.807, 2.05) is 42.5 Å². The molecule has 26 heavy (non-hydrogen) atoms. The first kappa shape index (κ1) is 17.7. The molecule has 134 valence electrons. The molecule has 1 unspecified atom stereocenters. The lowest BCUT2D eigenvalue weighted by molar-refractivity contribution is 0.0871. The molecule has 0 radical (unpaired) electrons. The van der Waals surface area contributed by atoms with Gasteiger partial charge in [0.1, 0.15) is 18.5 Å². The van der Waals surface area contributed by atoms with E-state index in [0.29, 0.717) is 17.7 Å². The van der Waals surface area contributed by atoms with E-state index < -0.39 is 11.9 Å². The van der Waals surface area contributed by atoms with Gasteiger partial charge in [-0.2, -0.15) is 4.68 Å². The molecule has 1 N–H and O–H groups in total. The number of benzene rings is 2. The van der Waals surface area contributed by atoms with Crippen molar-refractivity contribution in [1.29, 1.82) is 0 Å². The molecule has 2 aromatic carbocycles. The molecule has 0 saturated heterocycles. The Morgan fingerprint density at radius 3 is 2.69 bits per heavy atom. The van der Waals surface area contributed by atoms with Crippen molar-refractivity contribution in [2.75, 3.05) is 6.61 Å². The van der Waals surface area contributed by atoms with E-state index in [-0.39, 0.29) is 19.0 Å². The molecule has 0 amide bonds. The van der Waals surface area contributed by atoms with Gasteiger partial charge >= 0.3 is 5.76 Å². The van der Waals surface area contributed by atoms with Crippen LogP contribution in [0.5, 0.6) is 5.75 Å². The van der Waals surface area contributed by atoms with E-state index in [1.165, 1.54) is 0 Å². The van der Waals surface area contributed by atoms with Crippen LogP contribution in [-0.2, 0) is 13.0 Å². The summed E-state index contributed by atoms with van der Waals surface area (Å²) in [6.45, 7) is 3.74. The summed E-state index contributed by atoms with van der Waals surface area (Å²) in [6, 6.07) is 16.7. The average molecular weight is 352 g/mol. The van der Waals surface area contributed by atoms with Gasteiger partial charge in [0.15, 0.2) is 0 Å². The zero-order valence-corrected chi connectivity index (χ0v) is 14.2. The van der Waals surface area contributed by atoms with Crippen molar-refractivity contribution in [2.24, 2.45) is 0 Å². The second-order valence-corrected chi connectivity index (χ2v) is 5.79. The van der Waals surface area contributed by atoms with E-state index in [1.54, 1.807) is 18.2 Å². The van der Waals surface area contributed by atoms with E-state index in [4.69, 9.17) is 9.15 Å². The summed E-state index contributed by atoms with van der Waals surface area (Å²) in [5.41, 5.74) is 1.69. The minimum atomic E-state index is -0.904. The van der Waals surface area contributed by atoms with Gasteiger partial charge in [-0.25, -0.2) is 4.79 Å². The molecule has 6 heteroatoms. The summed E-state index contributed by atoms with van der Waals surface area (Å²) in [4.78, 5) is 11.9. The maximum absolute atomic E-state index is 11.9. The summed E-state index contributed by atoms with van der Waals surface area (Å²) >= 11 is 0. The number of aliphatic hydroxyl groups is 1. The summed E-state index contributed by atoms with van der Waals surface area (Å²) < 4.78 is 11.9. The smallest absolute Gasteiger partial charge is 0.437 e. The zero-order chi connectivity index (χ0) is 18.4. The summed E-state index contributed by atoms with van der Waals surface area (Å²) in [5, 5.41) is 14.3. The van der Waals surface area contributed by atoms with Crippen LogP contribution in [-0.4, -0.2) is 27.6 Å². The number of hydrogen-bond donors (Lipinski definition) is 1. The fourth-order valence-corrected chi connectivity index (χ4v) is 2.53. The first-order chi connectivity index (χ1) is 12.7. The Balaban J connectivity index is 1.64. The van der Waals surface area contributed by atoms with Gasteiger partial charge in [-0.3, -0.25) is 0 Å². The molecule has 0 bridgehead atoms. The molecular weight excluding hydrogens is 332 g/mol. The van der Waals surface area contributed by atoms with Gasteiger partial charge < -0.3 is 14.3 Å². The maximum atomic E-state index is 11.9. The lowest BCUT2D eigenvalue weighted by atomic mass is 10.1. The van der Waals surface area contributed by atoms with Crippen LogP contribution in [0.4, 0.5) is 0 Å². The number of nitrogens with zero attached hydrogens (tertiary/aromatic N) is 2. The Morgan fingerprint density at radius 2 is 1.92 bits per heavy atom. The predicted octanol–water partition coefficient (Wildman–Crippen LogP) is 2.67. The van der Waals surface area contributed by atoms with Crippen LogP contribution >= 0.6 is 0 Å². The topological polar surface area (TPSA) is 77.5 Å². The van der Waals surface area contributed by atoms with Gasteiger partial charge in [0.25, 0.3) is 0 Å². The fourth-order valence-electron chi connectivity index (χ4n) is 2.53. The lowest BCUT2D eigenvalue weighted by Crippen LogP contribution is -2.29. The van der Waals surface area contributed by atoms with Crippen molar-refractivity contribution in [1.82, 2.24) is 9.78 Å². The standard InChI is InChI=1S/C20H20N2O4/c1-2-8-15-9-6-7-12-18(15)25-14-17(23)13-22-20(24)26-19(21-22)16-10-4-3-5-11-16/h2-7,9-12,17,23H,1,8,13-14H2. The van der Waals surface area contributed by atoms with Crippen molar-refractivity contribution >= 4 is 0 Å². The van der Waals surface area contributed by atoms with Gasteiger partial charge in [-0.05, 0) is 30.2 Å². The van der Waals surface area contributed by atoms with Crippen LogP contribution in [0.1, 0.15) is 5.56 Å². The monoisotopic (exact) mass is 352 g/mol. The zero-order valence-electron chi connectivity index (χ0n) is 14.2. The third-order valence-corrected chi connectivity index (χ3v) is 3.78. The molecule has 1 atom stereocenters. The fraction of sp³-hybridized carbons (Fsp3) is 0.200. The molecule has 0 aliphatic rings. The van der Waals surface area contributed by atoms with Crippen LogP contribution in [0.2, 0.25) is 0 Å². The van der Waals surface area contributed by atoms with Gasteiger partial charge in [0, 0.05) is 5.56 Å². The Hall–Kier alpha value is -3.12. The summed E-state index contributed by atoms with van der Waals surface area (Å²) in [6.07, 6.45) is 1.56. The third kappa shape index (κ3) is 4.29. The minimum absolute atomic E-state index is 0.0151. The molecule has 1 aromatic heterocycles. The highest BCUT2D eigenvalue weighted by Gasteiger charge is 2.14. The molecule has 3 rings (SSSR count). The molecular formula is C20H20N2O4.